The molecule has 0 aromatic carbocycles. The third kappa shape index (κ3) is 1.82. The Balaban J connectivity index is 2.65. The lowest BCUT2D eigenvalue weighted by molar-refractivity contribution is 0.744. The van der Waals surface area contributed by atoms with Gasteiger partial charge in [0.2, 0.25) is 0 Å². The average molecular weight is 155 g/mol. The molecular formula is C8H13NS. The minimum Gasteiger partial charge on any atom is -0.328 e. The predicted molar refractivity (Wildman–Crippen MR) is 46.4 cm³/mol. The number of hydrogen-bond donors (Lipinski definition) is 1. The summed E-state index contributed by atoms with van der Waals surface area (Å²) >= 11 is 1.80. The van der Waals surface area contributed by atoms with Crippen LogP contribution in [-0.2, 0) is 6.42 Å². The van der Waals surface area contributed by atoms with E-state index in [1.165, 1.54) is 10.4 Å². The van der Waals surface area contributed by atoms with E-state index in [2.05, 4.69) is 18.4 Å². The third-order valence-electron chi connectivity index (χ3n) is 1.48. The summed E-state index contributed by atoms with van der Waals surface area (Å²) in [6.07, 6.45) is 1.02. The standard InChI is InChI=1S/C8H13NS/c1-6-3-4-10-8(6)5-7(2)9/h3-4,7H,5,9H2,1-2H3. The molecule has 0 amide bonds. The molecule has 0 saturated heterocycles. The number of aryl methyl sites for hydroxylation is 1. The van der Waals surface area contributed by atoms with E-state index in [1.54, 1.807) is 11.3 Å². The summed E-state index contributed by atoms with van der Waals surface area (Å²) in [5, 5.41) is 2.12. The maximum atomic E-state index is 5.66. The van der Waals surface area contributed by atoms with Gasteiger partial charge in [-0.3, -0.25) is 0 Å². The topological polar surface area (TPSA) is 26.0 Å². The first kappa shape index (κ1) is 7.76. The maximum absolute atomic E-state index is 5.66. The van der Waals surface area contributed by atoms with Crippen molar-refractivity contribution < 1.29 is 0 Å². The van der Waals surface area contributed by atoms with Gasteiger partial charge < -0.3 is 5.73 Å². The van der Waals surface area contributed by atoms with Crippen molar-refractivity contribution in [2.24, 2.45) is 5.73 Å². The average Bonchev–Trinajstić information content (AvgIpc) is 2.15. The lowest BCUT2D eigenvalue weighted by atomic mass is 10.2. The first-order chi connectivity index (χ1) is 4.70. The molecule has 56 valence electrons. The zero-order valence-electron chi connectivity index (χ0n) is 6.42. The van der Waals surface area contributed by atoms with Crippen LogP contribution >= 0.6 is 11.3 Å². The highest BCUT2D eigenvalue weighted by molar-refractivity contribution is 7.10. The van der Waals surface area contributed by atoms with E-state index in [0.717, 1.165) is 6.42 Å². The van der Waals surface area contributed by atoms with Crippen molar-refractivity contribution in [1.29, 1.82) is 0 Å². The van der Waals surface area contributed by atoms with E-state index >= 15 is 0 Å². The van der Waals surface area contributed by atoms with Crippen molar-refractivity contribution in [2.45, 2.75) is 26.3 Å². The fourth-order valence-corrected chi connectivity index (χ4v) is 1.96. The van der Waals surface area contributed by atoms with Crippen LogP contribution in [0.2, 0.25) is 0 Å². The summed E-state index contributed by atoms with van der Waals surface area (Å²) in [6.45, 7) is 4.17. The fourth-order valence-electron chi connectivity index (χ4n) is 0.906. The van der Waals surface area contributed by atoms with Gasteiger partial charge in [-0.2, -0.15) is 0 Å². The van der Waals surface area contributed by atoms with Crippen LogP contribution in [0.25, 0.3) is 0 Å². The molecule has 10 heavy (non-hydrogen) atoms. The second kappa shape index (κ2) is 3.17. The van der Waals surface area contributed by atoms with Crippen LogP contribution in [0.3, 0.4) is 0 Å². The highest BCUT2D eigenvalue weighted by Crippen LogP contribution is 2.16. The van der Waals surface area contributed by atoms with Crippen molar-refractivity contribution >= 4 is 11.3 Å². The van der Waals surface area contributed by atoms with Gasteiger partial charge in [0, 0.05) is 10.9 Å². The van der Waals surface area contributed by atoms with Crippen LogP contribution in [0.15, 0.2) is 11.4 Å². The normalized spacial score (nSPS) is 13.5. The number of nitrogens with two attached hydrogens (primary N) is 1. The lowest BCUT2D eigenvalue weighted by Crippen LogP contribution is -2.17. The maximum Gasteiger partial charge on any atom is 0.00896 e. The molecule has 0 radical (unpaired) electrons. The molecule has 1 unspecified atom stereocenters. The molecule has 0 aliphatic heterocycles. The molecule has 1 rings (SSSR count). The van der Waals surface area contributed by atoms with Crippen LogP contribution in [0.4, 0.5) is 0 Å². The molecule has 0 saturated carbocycles. The predicted octanol–water partition coefficient (Wildman–Crippen LogP) is 1.95. The number of thiophene rings is 1. The Hall–Kier alpha value is -0.340. The van der Waals surface area contributed by atoms with Crippen molar-refractivity contribution in [3.05, 3.63) is 21.9 Å². The molecule has 0 fully saturated rings. The van der Waals surface area contributed by atoms with E-state index < -0.39 is 0 Å². The molecule has 0 aliphatic rings. The Kier molecular flexibility index (Phi) is 2.46. The Morgan fingerprint density at radius 2 is 2.40 bits per heavy atom. The van der Waals surface area contributed by atoms with Crippen LogP contribution in [0.1, 0.15) is 17.4 Å². The quantitative estimate of drug-likeness (QED) is 0.694. The zero-order chi connectivity index (χ0) is 7.56. The summed E-state index contributed by atoms with van der Waals surface area (Å²) in [7, 11) is 0. The molecule has 1 aromatic rings. The smallest absolute Gasteiger partial charge is 0.00896 e. The van der Waals surface area contributed by atoms with Crippen LogP contribution in [0, 0.1) is 6.92 Å². The van der Waals surface area contributed by atoms with Gasteiger partial charge in [-0.25, -0.2) is 0 Å². The van der Waals surface area contributed by atoms with E-state index in [9.17, 15) is 0 Å². The van der Waals surface area contributed by atoms with Crippen molar-refractivity contribution in [1.82, 2.24) is 0 Å². The summed E-state index contributed by atoms with van der Waals surface area (Å²) in [5.74, 6) is 0. The molecule has 1 aromatic heterocycles. The van der Waals surface area contributed by atoms with Crippen LogP contribution in [-0.4, -0.2) is 6.04 Å². The zero-order valence-corrected chi connectivity index (χ0v) is 7.24. The lowest BCUT2D eigenvalue weighted by Gasteiger charge is -2.02. The van der Waals surface area contributed by atoms with E-state index in [-0.39, 0.29) is 6.04 Å². The fraction of sp³-hybridized carbons (Fsp3) is 0.500. The monoisotopic (exact) mass is 155 g/mol. The van der Waals surface area contributed by atoms with Gasteiger partial charge in [0.15, 0.2) is 0 Å². The Labute approximate surface area is 65.9 Å². The Morgan fingerprint density at radius 1 is 1.70 bits per heavy atom. The summed E-state index contributed by atoms with van der Waals surface area (Å²) < 4.78 is 0. The van der Waals surface area contributed by atoms with Crippen LogP contribution in [0.5, 0.6) is 0 Å². The summed E-state index contributed by atoms with van der Waals surface area (Å²) in [5.41, 5.74) is 7.04. The van der Waals surface area contributed by atoms with Gasteiger partial charge in [-0.05, 0) is 37.3 Å². The Morgan fingerprint density at radius 3 is 2.80 bits per heavy atom. The van der Waals surface area contributed by atoms with Gasteiger partial charge in [0.05, 0.1) is 0 Å². The second-order valence-electron chi connectivity index (χ2n) is 2.71. The molecule has 1 nitrogen and oxygen atoms in total. The minimum absolute atomic E-state index is 0.289. The molecule has 2 heteroatoms. The molecule has 1 heterocycles. The highest BCUT2D eigenvalue weighted by atomic mass is 32.1. The van der Waals surface area contributed by atoms with Gasteiger partial charge in [0.25, 0.3) is 0 Å². The van der Waals surface area contributed by atoms with Gasteiger partial charge in [-0.15, -0.1) is 11.3 Å². The van der Waals surface area contributed by atoms with Gasteiger partial charge in [-0.1, -0.05) is 0 Å². The van der Waals surface area contributed by atoms with E-state index in [1.807, 2.05) is 6.92 Å². The summed E-state index contributed by atoms with van der Waals surface area (Å²) in [6, 6.07) is 2.43. The van der Waals surface area contributed by atoms with Gasteiger partial charge >= 0.3 is 0 Å². The van der Waals surface area contributed by atoms with E-state index in [4.69, 9.17) is 5.73 Å². The summed E-state index contributed by atoms with van der Waals surface area (Å²) in [4.78, 5) is 1.43. The largest absolute Gasteiger partial charge is 0.328 e. The van der Waals surface area contributed by atoms with Crippen molar-refractivity contribution in [3.63, 3.8) is 0 Å². The number of hydrogen-bond acceptors (Lipinski definition) is 2. The van der Waals surface area contributed by atoms with Crippen LogP contribution < -0.4 is 5.73 Å². The van der Waals surface area contributed by atoms with Crippen molar-refractivity contribution in [2.75, 3.05) is 0 Å². The molecule has 2 N–H and O–H groups in total. The molecule has 0 spiro atoms. The first-order valence-electron chi connectivity index (χ1n) is 3.48. The SMILES string of the molecule is Cc1ccsc1CC(C)N. The molecular weight excluding hydrogens is 142 g/mol. The van der Waals surface area contributed by atoms with E-state index in [0.29, 0.717) is 0 Å². The highest BCUT2D eigenvalue weighted by Gasteiger charge is 2.01. The minimum atomic E-state index is 0.289. The third-order valence-corrected chi connectivity index (χ3v) is 2.52. The second-order valence-corrected chi connectivity index (χ2v) is 3.71. The Bertz CT molecular complexity index is 203. The van der Waals surface area contributed by atoms with Gasteiger partial charge in [0.1, 0.15) is 0 Å². The molecule has 0 aliphatic carbocycles. The number of rotatable bonds is 2. The first-order valence-corrected chi connectivity index (χ1v) is 4.36. The van der Waals surface area contributed by atoms with Crippen molar-refractivity contribution in [3.8, 4) is 0 Å². The molecule has 1 atom stereocenters. The molecule has 0 bridgehead atoms.